The molecule has 3 heterocycles. The minimum absolute atomic E-state index is 0.0948. The van der Waals surface area contributed by atoms with E-state index in [0.717, 1.165) is 5.56 Å². The minimum Gasteiger partial charge on any atom is -0.490 e. The molecule has 0 unspecified atom stereocenters. The second-order valence-corrected chi connectivity index (χ2v) is 8.06. The zero-order valence-electron chi connectivity index (χ0n) is 20.6. The van der Waals surface area contributed by atoms with Crippen LogP contribution in [0, 0.1) is 5.41 Å². The molecule has 0 saturated heterocycles. The van der Waals surface area contributed by atoms with Crippen molar-refractivity contribution in [3.05, 3.63) is 36.5 Å². The number of ether oxygens (including phenoxy) is 1. The van der Waals surface area contributed by atoms with Crippen LogP contribution >= 0.6 is 0 Å². The highest BCUT2D eigenvalue weighted by atomic mass is 19.4. The number of nitrogens with zero attached hydrogens (tertiary/aromatic N) is 5. The number of carbonyl (C=O) groups excluding carboxylic acids is 1. The number of pyridine rings is 1. The first-order chi connectivity index (χ1) is 18.7. The summed E-state index contributed by atoms with van der Waals surface area (Å²) >= 11 is 0. The van der Waals surface area contributed by atoms with Crippen LogP contribution in [-0.4, -0.2) is 56.1 Å². The summed E-state index contributed by atoms with van der Waals surface area (Å²) in [5.41, 5.74) is 10.6. The molecular weight excluding hydrogens is 523 g/mol. The number of nitrogen functional groups attached to an aromatic ring is 1. The van der Waals surface area contributed by atoms with Crippen LogP contribution in [0.15, 0.2) is 41.2 Å². The number of benzene rings is 1. The van der Waals surface area contributed by atoms with E-state index in [9.17, 15) is 18.0 Å². The van der Waals surface area contributed by atoms with Crippen LogP contribution in [-0.2, 0) is 16.2 Å². The molecule has 4 rings (SSSR count). The second-order valence-electron chi connectivity index (χ2n) is 8.06. The van der Waals surface area contributed by atoms with Crippen molar-refractivity contribution in [1.82, 2.24) is 35.6 Å². The molecule has 0 amide bonds. The third-order valence-electron chi connectivity index (χ3n) is 5.43. The number of halogens is 3. The number of alkyl halides is 3. The number of imidazole rings is 1. The topological polar surface area (TPSA) is 179 Å². The van der Waals surface area contributed by atoms with Gasteiger partial charge >= 0.3 is 12.1 Å². The number of aryl methyl sites for hydroxylation is 1. The maximum absolute atomic E-state index is 12.1. The number of anilines is 1. The molecular formula is C23H24F3N9O4. The van der Waals surface area contributed by atoms with Crippen molar-refractivity contribution in [3.8, 4) is 28.5 Å². The Kier molecular flexibility index (Phi) is 8.12. The molecule has 0 spiro atoms. The van der Waals surface area contributed by atoms with Gasteiger partial charge in [0.25, 0.3) is 0 Å². The standard InChI is InChI=1S/C23H24F3N9O4/c1-2-35-18-14(37-11-7-6-10-29-22(28)34-38-21(36)23(24,25)26)12-30-15(13-8-4-3-5-9-13)16(18)31-20(35)17-19(27)33-39-32-17/h3-5,8-9,12H,2,6-7,10-11H2,1H3,(H2,27,33)(H3,28,29,34). The largest absolute Gasteiger partial charge is 0.493 e. The van der Waals surface area contributed by atoms with Crippen molar-refractivity contribution < 1.29 is 32.2 Å². The molecule has 3 aromatic heterocycles. The predicted octanol–water partition coefficient (Wildman–Crippen LogP) is 3.04. The molecule has 0 fully saturated rings. The van der Waals surface area contributed by atoms with Gasteiger partial charge in [-0.1, -0.05) is 30.3 Å². The van der Waals surface area contributed by atoms with Gasteiger partial charge in [0.05, 0.1) is 18.5 Å². The highest BCUT2D eigenvalue weighted by molar-refractivity contribution is 5.95. The van der Waals surface area contributed by atoms with E-state index in [0.29, 0.717) is 53.4 Å². The van der Waals surface area contributed by atoms with Gasteiger partial charge in [-0.05, 0) is 30.1 Å². The highest BCUT2D eigenvalue weighted by Crippen LogP contribution is 2.36. The first kappa shape index (κ1) is 27.2. The molecule has 13 nitrogen and oxygen atoms in total. The molecule has 0 saturated carbocycles. The quantitative estimate of drug-likeness (QED) is 0.105. The van der Waals surface area contributed by atoms with Crippen LogP contribution in [0.5, 0.6) is 5.75 Å². The van der Waals surface area contributed by atoms with Crippen LogP contribution < -0.4 is 21.3 Å². The van der Waals surface area contributed by atoms with Gasteiger partial charge in [-0.25, -0.2) is 19.4 Å². The Morgan fingerprint density at radius 1 is 1.18 bits per heavy atom. The number of hydrogen-bond donors (Lipinski definition) is 4. The van der Waals surface area contributed by atoms with Crippen molar-refractivity contribution in [1.29, 1.82) is 5.41 Å². The van der Waals surface area contributed by atoms with Crippen molar-refractivity contribution in [3.63, 3.8) is 0 Å². The molecule has 0 atom stereocenters. The maximum Gasteiger partial charge on any atom is 0.493 e. The van der Waals surface area contributed by atoms with E-state index in [1.807, 2.05) is 41.8 Å². The molecule has 0 radical (unpaired) electrons. The molecule has 0 aliphatic rings. The van der Waals surface area contributed by atoms with Crippen molar-refractivity contribution in [2.45, 2.75) is 32.5 Å². The van der Waals surface area contributed by atoms with Crippen molar-refractivity contribution >= 4 is 28.8 Å². The number of aromatic nitrogens is 5. The summed E-state index contributed by atoms with van der Waals surface area (Å²) < 4.78 is 49.1. The van der Waals surface area contributed by atoms with Crippen LogP contribution in [0.2, 0.25) is 0 Å². The fourth-order valence-corrected chi connectivity index (χ4v) is 3.68. The van der Waals surface area contributed by atoms with Crippen LogP contribution in [0.4, 0.5) is 19.0 Å². The average molecular weight is 547 g/mol. The van der Waals surface area contributed by atoms with Crippen LogP contribution in [0.25, 0.3) is 33.8 Å². The van der Waals surface area contributed by atoms with E-state index in [2.05, 4.69) is 25.5 Å². The number of hydroxylamine groups is 1. The maximum atomic E-state index is 12.1. The normalized spacial score (nSPS) is 11.4. The summed E-state index contributed by atoms with van der Waals surface area (Å²) in [6.45, 7) is 2.92. The van der Waals surface area contributed by atoms with Gasteiger partial charge in [-0.3, -0.25) is 5.41 Å². The number of hydrogen-bond acceptors (Lipinski definition) is 10. The van der Waals surface area contributed by atoms with Gasteiger partial charge in [-0.2, -0.15) is 18.7 Å². The van der Waals surface area contributed by atoms with Crippen molar-refractivity contribution in [2.24, 2.45) is 0 Å². The van der Waals surface area contributed by atoms with Gasteiger partial charge in [0.15, 0.2) is 23.1 Å². The minimum atomic E-state index is -5.16. The highest BCUT2D eigenvalue weighted by Gasteiger charge is 2.41. The lowest BCUT2D eigenvalue weighted by atomic mass is 10.1. The van der Waals surface area contributed by atoms with Gasteiger partial charge in [0, 0.05) is 18.7 Å². The van der Waals surface area contributed by atoms with Gasteiger partial charge < -0.3 is 25.2 Å². The lowest BCUT2D eigenvalue weighted by Crippen LogP contribution is -2.41. The van der Waals surface area contributed by atoms with Gasteiger partial charge in [-0.15, -0.1) is 0 Å². The van der Waals surface area contributed by atoms with Gasteiger partial charge in [0.1, 0.15) is 11.0 Å². The van der Waals surface area contributed by atoms with E-state index < -0.39 is 18.1 Å². The number of nitrogens with one attached hydrogen (secondary N) is 3. The fourth-order valence-electron chi connectivity index (χ4n) is 3.68. The molecule has 4 aromatic rings. The third-order valence-corrected chi connectivity index (χ3v) is 5.43. The number of nitrogens with two attached hydrogens (primary N) is 1. The van der Waals surface area contributed by atoms with E-state index in [1.165, 1.54) is 0 Å². The van der Waals surface area contributed by atoms with Crippen LogP contribution in [0.3, 0.4) is 0 Å². The zero-order valence-corrected chi connectivity index (χ0v) is 20.6. The van der Waals surface area contributed by atoms with E-state index in [-0.39, 0.29) is 19.0 Å². The molecule has 16 heteroatoms. The Hall–Kier alpha value is -4.89. The number of carbonyl (C=O) groups is 1. The first-order valence-electron chi connectivity index (χ1n) is 11.7. The lowest BCUT2D eigenvalue weighted by molar-refractivity contribution is -0.204. The third kappa shape index (κ3) is 6.16. The van der Waals surface area contributed by atoms with E-state index in [1.54, 1.807) is 11.7 Å². The smallest absolute Gasteiger partial charge is 0.490 e. The molecule has 39 heavy (non-hydrogen) atoms. The van der Waals surface area contributed by atoms with Crippen LogP contribution in [0.1, 0.15) is 19.8 Å². The van der Waals surface area contributed by atoms with E-state index in [4.69, 9.17) is 25.5 Å². The predicted molar refractivity (Wildman–Crippen MR) is 132 cm³/mol. The number of unbranched alkanes of at least 4 members (excludes halogenated alkanes) is 1. The average Bonchev–Trinajstić information content (AvgIpc) is 3.52. The summed E-state index contributed by atoms with van der Waals surface area (Å²) in [6, 6.07) is 9.53. The summed E-state index contributed by atoms with van der Waals surface area (Å²) in [5.74, 6) is -2.02. The summed E-state index contributed by atoms with van der Waals surface area (Å²) in [4.78, 5) is 23.8. The molecule has 1 aromatic carbocycles. The lowest BCUT2D eigenvalue weighted by Gasteiger charge is -2.13. The molecule has 0 bridgehead atoms. The number of fused-ring (bicyclic) bond motifs is 1. The Labute approximate surface area is 218 Å². The summed E-state index contributed by atoms with van der Waals surface area (Å²) in [5, 5.41) is 17.5. The summed E-state index contributed by atoms with van der Waals surface area (Å²) in [7, 11) is 0. The molecule has 0 aliphatic heterocycles. The monoisotopic (exact) mass is 547 g/mol. The fraction of sp³-hybridized carbons (Fsp3) is 0.304. The number of guanidine groups is 1. The van der Waals surface area contributed by atoms with Crippen molar-refractivity contribution in [2.75, 3.05) is 18.9 Å². The second kappa shape index (κ2) is 11.7. The molecule has 0 aliphatic carbocycles. The Morgan fingerprint density at radius 2 is 1.95 bits per heavy atom. The Morgan fingerprint density at radius 3 is 2.62 bits per heavy atom. The number of rotatable bonds is 9. The Balaban J connectivity index is 1.45. The first-order valence-corrected chi connectivity index (χ1v) is 11.7. The van der Waals surface area contributed by atoms with E-state index >= 15 is 0 Å². The Bertz CT molecular complexity index is 1450. The molecule has 206 valence electrons. The van der Waals surface area contributed by atoms with Gasteiger partial charge in [0.2, 0.25) is 5.96 Å². The SMILES string of the molecule is CCn1c(-c2nonc2N)nc2c(-c3ccccc3)ncc(OCCCCNC(=N)NOC(=O)C(F)(F)F)c21. The zero-order chi connectivity index (χ0) is 28.0. The molecule has 5 N–H and O–H groups in total. The summed E-state index contributed by atoms with van der Waals surface area (Å²) in [6.07, 6.45) is -2.52.